The average Bonchev–Trinajstić information content (AvgIpc) is 3.30. The maximum atomic E-state index is 13.4. The van der Waals surface area contributed by atoms with Crippen LogP contribution in [0.2, 0.25) is 0 Å². The monoisotopic (exact) mass is 438 g/mol. The molecule has 0 aliphatic carbocycles. The van der Waals surface area contributed by atoms with Crippen LogP contribution < -0.4 is 19.7 Å². The van der Waals surface area contributed by atoms with Crippen LogP contribution in [0.5, 0.6) is 11.5 Å². The number of carbonyl (C=O) groups excluding carboxylic acids is 2. The number of amides is 2. The highest BCUT2D eigenvalue weighted by Gasteiger charge is 2.23. The summed E-state index contributed by atoms with van der Waals surface area (Å²) in [5.74, 6) is 1.16. The number of carbonyl (C=O) groups is 2. The minimum atomic E-state index is -0.444. The van der Waals surface area contributed by atoms with Crippen molar-refractivity contribution in [2.75, 3.05) is 19.1 Å². The number of rotatable bonds is 9. The van der Waals surface area contributed by atoms with Crippen molar-refractivity contribution in [3.63, 3.8) is 0 Å². The average molecular weight is 439 g/mol. The molecule has 0 fully saturated rings. The van der Waals surface area contributed by atoms with Gasteiger partial charge in [0.2, 0.25) is 11.8 Å². The molecule has 0 bridgehead atoms. The molecule has 2 aromatic carbocycles. The predicted molar refractivity (Wildman–Crippen MR) is 123 cm³/mol. The fourth-order valence-electron chi connectivity index (χ4n) is 3.26. The second-order valence-electron chi connectivity index (χ2n) is 6.99. The summed E-state index contributed by atoms with van der Waals surface area (Å²) >= 11 is 1.60. The zero-order valence-electron chi connectivity index (χ0n) is 17.8. The highest BCUT2D eigenvalue weighted by molar-refractivity contribution is 7.09. The molecule has 0 saturated heterocycles. The summed E-state index contributed by atoms with van der Waals surface area (Å²) in [6, 6.07) is 18.3. The number of benzene rings is 2. The van der Waals surface area contributed by atoms with Crippen LogP contribution in [0.25, 0.3) is 0 Å². The number of nitrogens with one attached hydrogen (secondary N) is 1. The molecule has 0 spiro atoms. The molecule has 3 rings (SSSR count). The molecule has 1 unspecified atom stereocenters. The zero-order chi connectivity index (χ0) is 22.2. The number of hydrogen-bond donors (Lipinski definition) is 1. The van der Waals surface area contributed by atoms with Crippen LogP contribution in [0, 0.1) is 0 Å². The minimum Gasteiger partial charge on any atom is -0.497 e. The van der Waals surface area contributed by atoms with E-state index in [4.69, 9.17) is 9.47 Å². The normalized spacial score (nSPS) is 11.5. The third-order valence-corrected chi connectivity index (χ3v) is 5.71. The Morgan fingerprint density at radius 2 is 1.58 bits per heavy atom. The Morgan fingerprint density at radius 3 is 2.10 bits per heavy atom. The number of nitrogens with zero attached hydrogens (tertiary/aromatic N) is 1. The molecule has 6 nitrogen and oxygen atoms in total. The molecule has 7 heteroatoms. The van der Waals surface area contributed by atoms with Crippen molar-refractivity contribution >= 4 is 28.8 Å². The second kappa shape index (κ2) is 10.6. The Bertz CT molecular complexity index is 985. The number of anilines is 1. The van der Waals surface area contributed by atoms with Crippen LogP contribution in [0.3, 0.4) is 0 Å². The van der Waals surface area contributed by atoms with Crippen molar-refractivity contribution in [3.05, 3.63) is 76.5 Å². The first-order chi connectivity index (χ1) is 15.0. The number of methoxy groups -OCH3 is 2. The van der Waals surface area contributed by atoms with E-state index < -0.39 is 6.04 Å². The Hall–Kier alpha value is -3.32. The third kappa shape index (κ3) is 6.08. The first-order valence-corrected chi connectivity index (χ1v) is 10.8. The van der Waals surface area contributed by atoms with E-state index in [0.717, 1.165) is 21.9 Å². The summed E-state index contributed by atoms with van der Waals surface area (Å²) < 4.78 is 10.5. The first kappa shape index (κ1) is 22.4. The molecule has 3 aromatic rings. The molecule has 0 radical (unpaired) electrons. The topological polar surface area (TPSA) is 67.9 Å². The van der Waals surface area contributed by atoms with Gasteiger partial charge in [-0.3, -0.25) is 9.59 Å². The molecule has 0 aliphatic heterocycles. The minimum absolute atomic E-state index is 0.0897. The summed E-state index contributed by atoms with van der Waals surface area (Å²) in [5, 5.41) is 4.89. The number of hydrogen-bond acceptors (Lipinski definition) is 5. The van der Waals surface area contributed by atoms with Gasteiger partial charge in [-0.05, 0) is 53.4 Å². The maximum Gasteiger partial charge on any atom is 0.229 e. The second-order valence-corrected chi connectivity index (χ2v) is 8.02. The molecule has 1 heterocycles. The number of ether oxygens (including phenoxy) is 2. The van der Waals surface area contributed by atoms with E-state index in [1.807, 2.05) is 66.0 Å². The van der Waals surface area contributed by atoms with Gasteiger partial charge in [0.1, 0.15) is 11.5 Å². The lowest BCUT2D eigenvalue weighted by molar-refractivity contribution is -0.121. The molecule has 2 amide bonds. The predicted octanol–water partition coefficient (Wildman–Crippen LogP) is 4.57. The van der Waals surface area contributed by atoms with Crippen molar-refractivity contribution in [1.82, 2.24) is 5.32 Å². The fourth-order valence-corrected chi connectivity index (χ4v) is 3.96. The van der Waals surface area contributed by atoms with Crippen molar-refractivity contribution < 1.29 is 19.1 Å². The summed E-state index contributed by atoms with van der Waals surface area (Å²) in [7, 11) is 3.21. The van der Waals surface area contributed by atoms with Crippen molar-refractivity contribution in [1.29, 1.82) is 0 Å². The van der Waals surface area contributed by atoms with Crippen molar-refractivity contribution in [3.8, 4) is 11.5 Å². The molecular weight excluding hydrogens is 412 g/mol. The molecule has 1 N–H and O–H groups in total. The zero-order valence-corrected chi connectivity index (χ0v) is 18.6. The van der Waals surface area contributed by atoms with Gasteiger partial charge in [-0.1, -0.05) is 18.2 Å². The Morgan fingerprint density at radius 1 is 0.968 bits per heavy atom. The molecular formula is C24H26N2O4S. The third-order valence-electron chi connectivity index (χ3n) is 4.85. The molecule has 0 saturated carbocycles. The standard InChI is InChI=1S/C24H26N2O4S/c1-17(27)25-23(18-6-10-20(29-2)11-7-18)15-24(28)26(16-22-5-4-14-31-22)19-8-12-21(30-3)13-9-19/h4-14,23H,15-16H2,1-3H3,(H,25,27). The van der Waals surface area contributed by atoms with Crippen LogP contribution in [-0.2, 0) is 16.1 Å². The number of thiophene rings is 1. The maximum absolute atomic E-state index is 13.4. The first-order valence-electron chi connectivity index (χ1n) is 9.88. The summed E-state index contributed by atoms with van der Waals surface area (Å²) in [5.41, 5.74) is 1.62. The van der Waals surface area contributed by atoms with Gasteiger partial charge in [0.05, 0.1) is 33.2 Å². The van der Waals surface area contributed by atoms with Gasteiger partial charge in [0, 0.05) is 17.5 Å². The molecule has 31 heavy (non-hydrogen) atoms. The summed E-state index contributed by atoms with van der Waals surface area (Å²) in [4.78, 5) is 28.1. The lowest BCUT2D eigenvalue weighted by atomic mass is 10.0. The van der Waals surface area contributed by atoms with E-state index in [1.165, 1.54) is 6.92 Å². The van der Waals surface area contributed by atoms with E-state index in [0.29, 0.717) is 12.3 Å². The van der Waals surface area contributed by atoms with Gasteiger partial charge >= 0.3 is 0 Å². The van der Waals surface area contributed by atoms with Gasteiger partial charge in [-0.25, -0.2) is 0 Å². The van der Waals surface area contributed by atoms with Gasteiger partial charge in [-0.2, -0.15) is 0 Å². The van der Waals surface area contributed by atoms with E-state index in [-0.39, 0.29) is 18.2 Å². The van der Waals surface area contributed by atoms with E-state index in [9.17, 15) is 9.59 Å². The van der Waals surface area contributed by atoms with Crippen LogP contribution in [0.1, 0.15) is 29.8 Å². The van der Waals surface area contributed by atoms with Crippen molar-refractivity contribution in [2.24, 2.45) is 0 Å². The molecule has 0 aliphatic rings. The van der Waals surface area contributed by atoms with E-state index in [1.54, 1.807) is 30.5 Å². The van der Waals surface area contributed by atoms with E-state index >= 15 is 0 Å². The fraction of sp³-hybridized carbons (Fsp3) is 0.250. The van der Waals surface area contributed by atoms with Crippen LogP contribution in [0.15, 0.2) is 66.0 Å². The smallest absolute Gasteiger partial charge is 0.229 e. The van der Waals surface area contributed by atoms with Gasteiger partial charge < -0.3 is 19.7 Å². The highest BCUT2D eigenvalue weighted by atomic mass is 32.1. The van der Waals surface area contributed by atoms with Crippen LogP contribution in [-0.4, -0.2) is 26.0 Å². The Kier molecular flexibility index (Phi) is 7.67. The van der Waals surface area contributed by atoms with Gasteiger partial charge in [0.25, 0.3) is 0 Å². The van der Waals surface area contributed by atoms with Crippen molar-refractivity contribution in [2.45, 2.75) is 25.9 Å². The lowest BCUT2D eigenvalue weighted by Gasteiger charge is -2.26. The van der Waals surface area contributed by atoms with E-state index in [2.05, 4.69) is 5.32 Å². The lowest BCUT2D eigenvalue weighted by Crippen LogP contribution is -2.35. The quantitative estimate of drug-likeness (QED) is 0.532. The molecule has 1 atom stereocenters. The van der Waals surface area contributed by atoms with Crippen LogP contribution in [0.4, 0.5) is 5.69 Å². The van der Waals surface area contributed by atoms with Crippen LogP contribution >= 0.6 is 11.3 Å². The summed E-state index contributed by atoms with van der Waals surface area (Å²) in [6.45, 7) is 1.91. The van der Waals surface area contributed by atoms with Gasteiger partial charge in [-0.15, -0.1) is 11.3 Å². The molecule has 162 valence electrons. The summed E-state index contributed by atoms with van der Waals surface area (Å²) in [6.07, 6.45) is 0.128. The largest absolute Gasteiger partial charge is 0.497 e. The Balaban J connectivity index is 1.86. The SMILES string of the molecule is COc1ccc(C(CC(=O)N(Cc2cccs2)c2ccc(OC)cc2)NC(C)=O)cc1. The molecule has 1 aromatic heterocycles. The highest BCUT2D eigenvalue weighted by Crippen LogP contribution is 2.27. The van der Waals surface area contributed by atoms with Gasteiger partial charge in [0.15, 0.2) is 0 Å². The Labute approximate surface area is 186 Å².